The molecule has 3 aromatic rings. The lowest BCUT2D eigenvalue weighted by Gasteiger charge is -2.17. The van der Waals surface area contributed by atoms with E-state index in [1.807, 2.05) is 13.0 Å². The number of benzene rings is 1. The third-order valence-corrected chi connectivity index (χ3v) is 5.72. The van der Waals surface area contributed by atoms with Gasteiger partial charge in [-0.2, -0.15) is 10.5 Å². The molecule has 0 aliphatic heterocycles. The van der Waals surface area contributed by atoms with Gasteiger partial charge in [0, 0.05) is 11.3 Å². The van der Waals surface area contributed by atoms with Crippen LogP contribution in [0.1, 0.15) is 18.1 Å². The van der Waals surface area contributed by atoms with Gasteiger partial charge in [0.2, 0.25) is 11.0 Å². The van der Waals surface area contributed by atoms with Crippen molar-refractivity contribution < 1.29 is 28.5 Å². The molecule has 0 fully saturated rings. The molecule has 2 aromatic heterocycles. The van der Waals surface area contributed by atoms with Gasteiger partial charge in [-0.25, -0.2) is 9.98 Å². The Labute approximate surface area is 205 Å². The van der Waals surface area contributed by atoms with E-state index >= 15 is 0 Å². The van der Waals surface area contributed by atoms with E-state index in [0.717, 1.165) is 11.8 Å². The molecule has 0 radical (unpaired) electrons. The van der Waals surface area contributed by atoms with Gasteiger partial charge in [0.05, 0.1) is 26.9 Å². The molecule has 0 unspecified atom stereocenters. The maximum atomic E-state index is 12.4. The minimum atomic E-state index is -0.530. The number of anilines is 1. The van der Waals surface area contributed by atoms with Crippen LogP contribution in [0, 0.1) is 22.7 Å². The van der Waals surface area contributed by atoms with E-state index in [2.05, 4.69) is 21.3 Å². The summed E-state index contributed by atoms with van der Waals surface area (Å²) < 4.78 is 22.6. The molecule has 0 spiro atoms. The first-order valence-electron chi connectivity index (χ1n) is 10.1. The van der Waals surface area contributed by atoms with E-state index in [0.29, 0.717) is 29.4 Å². The van der Waals surface area contributed by atoms with Gasteiger partial charge in [-0.1, -0.05) is 16.4 Å². The van der Waals surface area contributed by atoms with Crippen molar-refractivity contribution in [1.29, 1.82) is 10.5 Å². The number of methoxy groups -OCH3 is 3. The fourth-order valence-corrected chi connectivity index (χ4v) is 3.95. The average Bonchev–Trinajstić information content (AvgIpc) is 3.33. The molecule has 0 saturated heterocycles. The summed E-state index contributed by atoms with van der Waals surface area (Å²) >= 11 is 0.959. The lowest BCUT2D eigenvalue weighted by Crippen LogP contribution is -2.32. The summed E-state index contributed by atoms with van der Waals surface area (Å²) in [5, 5.41) is 36.0. The van der Waals surface area contributed by atoms with Crippen molar-refractivity contribution in [3.8, 4) is 40.5 Å². The second kappa shape index (κ2) is 11.1. The van der Waals surface area contributed by atoms with Crippen molar-refractivity contribution in [3.05, 3.63) is 29.5 Å². The summed E-state index contributed by atoms with van der Waals surface area (Å²) in [7, 11) is 4.36. The van der Waals surface area contributed by atoms with Crippen molar-refractivity contribution in [3.63, 3.8) is 0 Å². The number of nitrogens with zero attached hydrogens (tertiary/aromatic N) is 6. The summed E-state index contributed by atoms with van der Waals surface area (Å²) in [6.07, 6.45) is 1.49. The number of nitrogens with two attached hydrogens (primary N) is 1. The van der Waals surface area contributed by atoms with Crippen LogP contribution in [-0.4, -0.2) is 43.2 Å². The van der Waals surface area contributed by atoms with Gasteiger partial charge in [-0.05, 0) is 30.5 Å². The van der Waals surface area contributed by atoms with Crippen molar-refractivity contribution in [2.24, 2.45) is 4.99 Å². The molecule has 12 nitrogen and oxygen atoms in total. The molecule has 0 amide bonds. The first-order chi connectivity index (χ1) is 16.9. The van der Waals surface area contributed by atoms with Crippen LogP contribution in [0.5, 0.6) is 17.2 Å². The molecule has 180 valence electrons. The Bertz CT molecular complexity index is 1330. The minimum absolute atomic E-state index is 0.00182. The maximum Gasteiger partial charge on any atom is 0.320 e. The zero-order chi connectivity index (χ0) is 25.5. The van der Waals surface area contributed by atoms with Gasteiger partial charge in [0.15, 0.2) is 18.0 Å². The van der Waals surface area contributed by atoms with Crippen molar-refractivity contribution in [1.82, 2.24) is 10.3 Å². The van der Waals surface area contributed by atoms with Crippen molar-refractivity contribution in [2.75, 3.05) is 32.8 Å². The van der Waals surface area contributed by atoms with Crippen LogP contribution < -0.4 is 29.7 Å². The van der Waals surface area contributed by atoms with Gasteiger partial charge >= 0.3 is 5.88 Å². The average molecular weight is 496 g/mol. The molecule has 0 aliphatic rings. The number of thioether (sulfide) groups is 1. The van der Waals surface area contributed by atoms with Crippen LogP contribution in [-0.2, 0) is 6.54 Å². The van der Waals surface area contributed by atoms with Gasteiger partial charge in [0.25, 0.3) is 6.20 Å². The summed E-state index contributed by atoms with van der Waals surface area (Å²) in [6.45, 7) is 2.42. The molecule has 3 rings (SSSR count). The number of ether oxygens (including phenoxy) is 3. The van der Waals surface area contributed by atoms with Gasteiger partial charge in [0.1, 0.15) is 28.5 Å². The predicted molar refractivity (Wildman–Crippen MR) is 123 cm³/mol. The van der Waals surface area contributed by atoms with E-state index < -0.39 is 5.90 Å². The molecule has 2 N–H and O–H groups in total. The number of hydrogen-bond acceptors (Lipinski definition) is 12. The fraction of sp³-hybridized carbons (Fsp3) is 0.273. The Hall–Kier alpha value is -4.49. The SMILES string of the molecule is CC[n+]1cc(/N=C(/[O-])CSc2nc(N)c(C#N)c(-c3cc(OC)c(OC)c(OC)c3)c2C#N)on1. The zero-order valence-corrected chi connectivity index (χ0v) is 20.2. The predicted octanol–water partition coefficient (Wildman–Crippen LogP) is 1.58. The lowest BCUT2D eigenvalue weighted by molar-refractivity contribution is -0.759. The monoisotopic (exact) mass is 495 g/mol. The Balaban J connectivity index is 2.08. The van der Waals surface area contributed by atoms with Gasteiger partial charge < -0.3 is 25.1 Å². The van der Waals surface area contributed by atoms with Crippen LogP contribution in [0.25, 0.3) is 11.1 Å². The van der Waals surface area contributed by atoms with Crippen LogP contribution in [0.2, 0.25) is 0 Å². The molecule has 0 atom stereocenters. The molecular weight excluding hydrogens is 474 g/mol. The fourth-order valence-electron chi connectivity index (χ4n) is 3.17. The molecule has 35 heavy (non-hydrogen) atoms. The van der Waals surface area contributed by atoms with E-state index in [1.54, 1.807) is 12.1 Å². The molecule has 1 aromatic carbocycles. The Morgan fingerprint density at radius 1 is 1.17 bits per heavy atom. The second-order valence-electron chi connectivity index (χ2n) is 6.76. The quantitative estimate of drug-likeness (QED) is 0.197. The Morgan fingerprint density at radius 3 is 2.34 bits per heavy atom. The smallest absolute Gasteiger partial charge is 0.320 e. The third kappa shape index (κ3) is 5.20. The van der Waals surface area contributed by atoms with Crippen LogP contribution in [0.4, 0.5) is 11.7 Å². The number of nitriles is 2. The molecule has 13 heteroatoms. The third-order valence-electron chi connectivity index (χ3n) is 4.76. The Morgan fingerprint density at radius 2 is 1.83 bits per heavy atom. The highest BCUT2D eigenvalue weighted by Crippen LogP contribution is 2.44. The standard InChI is InChI=1S/C22H21N7O5S/c1-5-29-10-18(34-28-29)26-17(30)11-35-22-14(9-24)19(13(8-23)21(25)27-22)12-6-15(31-2)20(33-4)16(7-12)32-3/h6-7,10H,5,11H2,1-4H3,(H2-,25,26,27,28,30). The zero-order valence-electron chi connectivity index (χ0n) is 19.4. The largest absolute Gasteiger partial charge is 0.861 e. The van der Waals surface area contributed by atoms with Crippen molar-refractivity contribution in [2.45, 2.75) is 18.5 Å². The van der Waals surface area contributed by atoms with Crippen LogP contribution in [0.3, 0.4) is 0 Å². The number of rotatable bonds is 9. The number of aromatic nitrogens is 3. The highest BCUT2D eigenvalue weighted by molar-refractivity contribution is 8.00. The van der Waals surface area contributed by atoms with Crippen LogP contribution in [0.15, 0.2) is 32.9 Å². The van der Waals surface area contributed by atoms with Gasteiger partial charge in [-0.3, -0.25) is 4.52 Å². The summed E-state index contributed by atoms with van der Waals surface area (Å²) in [6, 6.07) is 7.27. The minimum Gasteiger partial charge on any atom is -0.861 e. The molecule has 0 aliphatic carbocycles. The number of hydrogen-bond donors (Lipinski definition) is 1. The van der Waals surface area contributed by atoms with E-state index in [1.165, 1.54) is 32.2 Å². The van der Waals surface area contributed by atoms with Crippen LogP contribution >= 0.6 is 11.8 Å². The van der Waals surface area contributed by atoms with E-state index in [-0.39, 0.29) is 39.2 Å². The van der Waals surface area contributed by atoms with Gasteiger partial charge in [-0.15, -0.1) is 0 Å². The molecular formula is C22H21N7O5S. The van der Waals surface area contributed by atoms with Crippen molar-refractivity contribution >= 4 is 29.4 Å². The number of aliphatic imine (C=N–C) groups is 1. The Kier molecular flexibility index (Phi) is 7.96. The number of nitrogen functional groups attached to an aromatic ring is 1. The summed E-state index contributed by atoms with van der Waals surface area (Å²) in [5.41, 5.74) is 6.78. The normalized spacial score (nSPS) is 11.0. The highest BCUT2D eigenvalue weighted by atomic mass is 32.2. The molecule has 0 bridgehead atoms. The maximum absolute atomic E-state index is 12.4. The first-order valence-corrected chi connectivity index (χ1v) is 11.1. The number of aryl methyl sites for hydroxylation is 1. The lowest BCUT2D eigenvalue weighted by atomic mass is 9.96. The molecule has 0 saturated carbocycles. The topological polar surface area (TPSA) is 180 Å². The molecule has 2 heterocycles. The number of pyridine rings is 1. The van der Waals surface area contributed by atoms with E-state index in [9.17, 15) is 15.6 Å². The summed E-state index contributed by atoms with van der Waals surface area (Å²) in [4.78, 5) is 8.04. The summed E-state index contributed by atoms with van der Waals surface area (Å²) in [5.74, 6) is 0.266. The second-order valence-corrected chi connectivity index (χ2v) is 7.72. The highest BCUT2D eigenvalue weighted by Gasteiger charge is 2.23. The van der Waals surface area contributed by atoms with E-state index in [4.69, 9.17) is 24.5 Å². The first kappa shape index (κ1) is 25.1.